The van der Waals surface area contributed by atoms with Crippen LogP contribution in [0.5, 0.6) is 0 Å². The third-order valence-electron chi connectivity index (χ3n) is 5.11. The van der Waals surface area contributed by atoms with Gasteiger partial charge in [0.25, 0.3) is 0 Å². The molecule has 5 nitrogen and oxygen atoms in total. The second-order valence-electron chi connectivity index (χ2n) is 7.24. The van der Waals surface area contributed by atoms with E-state index in [9.17, 15) is 0 Å². The van der Waals surface area contributed by atoms with Crippen LogP contribution in [-0.2, 0) is 4.74 Å². The highest BCUT2D eigenvalue weighted by molar-refractivity contribution is 8.00. The van der Waals surface area contributed by atoms with Crippen LogP contribution in [0.4, 0.5) is 11.4 Å². The van der Waals surface area contributed by atoms with E-state index in [2.05, 4.69) is 63.4 Å². The Bertz CT molecular complexity index is 1190. The fourth-order valence-corrected chi connectivity index (χ4v) is 4.83. The lowest BCUT2D eigenvalue weighted by molar-refractivity contribution is 0.184. The third kappa shape index (κ3) is 4.63. The van der Waals surface area contributed by atoms with E-state index < -0.39 is 0 Å². The Morgan fingerprint density at radius 2 is 1.94 bits per heavy atom. The van der Waals surface area contributed by atoms with Crippen molar-refractivity contribution in [2.45, 2.75) is 11.8 Å². The first kappa shape index (κ1) is 20.2. The SMILES string of the molecule is Cc1ccc(NSc2ccc(N3CCOCS3)cc2)cc1-c1ncc2ccccc2n1. The lowest BCUT2D eigenvalue weighted by Gasteiger charge is -2.27. The summed E-state index contributed by atoms with van der Waals surface area (Å²) >= 11 is 3.31. The molecule has 1 aliphatic heterocycles. The summed E-state index contributed by atoms with van der Waals surface area (Å²) in [5.41, 5.74) is 5.38. The number of nitrogens with zero attached hydrogens (tertiary/aromatic N) is 3. The molecule has 0 amide bonds. The number of benzene rings is 3. The summed E-state index contributed by atoms with van der Waals surface area (Å²) in [5, 5.41) is 1.05. The molecule has 0 saturated carbocycles. The fraction of sp³-hybridized carbons (Fsp3) is 0.167. The first-order valence-corrected chi connectivity index (χ1v) is 11.9. The monoisotopic (exact) mass is 446 g/mol. The molecule has 1 saturated heterocycles. The minimum Gasteiger partial charge on any atom is -0.367 e. The number of aryl methyl sites for hydroxylation is 1. The highest BCUT2D eigenvalue weighted by Crippen LogP contribution is 2.30. The van der Waals surface area contributed by atoms with Crippen molar-refractivity contribution in [2.75, 3.05) is 28.1 Å². The van der Waals surface area contributed by atoms with Gasteiger partial charge in [0.1, 0.15) is 5.94 Å². The van der Waals surface area contributed by atoms with Gasteiger partial charge in [-0.2, -0.15) is 0 Å². The maximum absolute atomic E-state index is 5.40. The Morgan fingerprint density at radius 1 is 1.06 bits per heavy atom. The van der Waals surface area contributed by atoms with Crippen molar-refractivity contribution >= 4 is 46.2 Å². The van der Waals surface area contributed by atoms with Crippen molar-refractivity contribution in [2.24, 2.45) is 0 Å². The number of aromatic nitrogens is 2. The molecule has 0 atom stereocenters. The highest BCUT2D eigenvalue weighted by atomic mass is 32.2. The van der Waals surface area contributed by atoms with E-state index in [1.54, 1.807) is 23.9 Å². The first-order valence-electron chi connectivity index (χ1n) is 10.1. The van der Waals surface area contributed by atoms with Gasteiger partial charge in [0.2, 0.25) is 0 Å². The van der Waals surface area contributed by atoms with Crippen molar-refractivity contribution in [3.63, 3.8) is 0 Å². The van der Waals surface area contributed by atoms with Crippen molar-refractivity contribution in [1.29, 1.82) is 0 Å². The third-order valence-corrected chi connectivity index (χ3v) is 6.93. The Hall–Kier alpha value is -2.74. The molecule has 1 aromatic heterocycles. The van der Waals surface area contributed by atoms with Crippen LogP contribution in [0.15, 0.2) is 77.8 Å². The predicted octanol–water partition coefficient (Wildman–Crippen LogP) is 6.17. The zero-order valence-corrected chi connectivity index (χ0v) is 18.7. The van der Waals surface area contributed by atoms with Crippen molar-refractivity contribution in [1.82, 2.24) is 9.97 Å². The summed E-state index contributed by atoms with van der Waals surface area (Å²) in [4.78, 5) is 10.5. The minimum atomic E-state index is 0.717. The van der Waals surface area contributed by atoms with Gasteiger partial charge in [-0.3, -0.25) is 0 Å². The summed E-state index contributed by atoms with van der Waals surface area (Å²) in [7, 11) is 0. The number of rotatable bonds is 5. The maximum atomic E-state index is 5.40. The number of ether oxygens (including phenoxy) is 1. The highest BCUT2D eigenvalue weighted by Gasteiger charge is 2.12. The van der Waals surface area contributed by atoms with Crippen LogP contribution in [0.3, 0.4) is 0 Å². The number of anilines is 2. The fourth-order valence-electron chi connectivity index (χ4n) is 3.40. The number of nitrogens with one attached hydrogen (secondary N) is 1. The quantitative estimate of drug-likeness (QED) is 0.368. The Labute approximate surface area is 190 Å². The second-order valence-corrected chi connectivity index (χ2v) is 9.05. The molecule has 0 unspecified atom stereocenters. The maximum Gasteiger partial charge on any atom is 0.160 e. The normalized spacial score (nSPS) is 14.0. The van der Waals surface area contributed by atoms with Crippen LogP contribution < -0.4 is 9.03 Å². The van der Waals surface area contributed by atoms with Gasteiger partial charge in [-0.05, 0) is 78.8 Å². The van der Waals surface area contributed by atoms with Gasteiger partial charge in [0.15, 0.2) is 5.82 Å². The molecule has 1 fully saturated rings. The number of fused-ring (bicyclic) bond motifs is 1. The number of hydrogen-bond donors (Lipinski definition) is 1. The van der Waals surface area contributed by atoms with E-state index in [4.69, 9.17) is 9.72 Å². The molecule has 1 N–H and O–H groups in total. The summed E-state index contributed by atoms with van der Waals surface area (Å²) in [6.07, 6.45) is 1.89. The van der Waals surface area contributed by atoms with E-state index in [0.717, 1.165) is 57.5 Å². The summed E-state index contributed by atoms with van der Waals surface area (Å²) < 4.78 is 11.1. The van der Waals surface area contributed by atoms with Gasteiger partial charge in [-0.15, -0.1) is 0 Å². The Morgan fingerprint density at radius 3 is 2.77 bits per heavy atom. The van der Waals surface area contributed by atoms with E-state index in [1.165, 1.54) is 5.69 Å². The molecule has 4 aromatic rings. The van der Waals surface area contributed by atoms with Gasteiger partial charge >= 0.3 is 0 Å². The Kier molecular flexibility index (Phi) is 5.97. The molecule has 1 aliphatic rings. The molecule has 2 heterocycles. The van der Waals surface area contributed by atoms with Crippen LogP contribution in [-0.4, -0.2) is 29.1 Å². The number of para-hydroxylation sites is 1. The second kappa shape index (κ2) is 9.18. The van der Waals surface area contributed by atoms with Crippen LogP contribution in [0, 0.1) is 6.92 Å². The Balaban J connectivity index is 1.31. The zero-order valence-electron chi connectivity index (χ0n) is 17.1. The van der Waals surface area contributed by atoms with Crippen LogP contribution >= 0.6 is 23.9 Å². The molecular formula is C24H22N4OS2. The molecule has 156 valence electrons. The van der Waals surface area contributed by atoms with Gasteiger partial charge in [-0.1, -0.05) is 24.3 Å². The molecule has 3 aromatic carbocycles. The summed E-state index contributed by atoms with van der Waals surface area (Å²) in [5.74, 6) is 1.46. The van der Waals surface area contributed by atoms with E-state index in [1.807, 2.05) is 30.5 Å². The van der Waals surface area contributed by atoms with Crippen LogP contribution in [0.2, 0.25) is 0 Å². The molecule has 5 rings (SSSR count). The average molecular weight is 447 g/mol. The summed E-state index contributed by atoms with van der Waals surface area (Å²) in [6, 6.07) is 23.0. The minimum absolute atomic E-state index is 0.717. The number of hydrogen-bond acceptors (Lipinski definition) is 7. The molecule has 0 bridgehead atoms. The molecule has 0 radical (unpaired) electrons. The lowest BCUT2D eigenvalue weighted by Crippen LogP contribution is -2.26. The predicted molar refractivity (Wildman–Crippen MR) is 131 cm³/mol. The zero-order chi connectivity index (χ0) is 21.0. The van der Waals surface area contributed by atoms with Gasteiger partial charge < -0.3 is 13.8 Å². The molecule has 7 heteroatoms. The van der Waals surface area contributed by atoms with Crippen LogP contribution in [0.1, 0.15) is 5.56 Å². The van der Waals surface area contributed by atoms with Gasteiger partial charge in [0.05, 0.1) is 18.7 Å². The van der Waals surface area contributed by atoms with Crippen molar-refractivity contribution < 1.29 is 4.74 Å². The van der Waals surface area contributed by atoms with E-state index in [0.29, 0.717) is 0 Å². The van der Waals surface area contributed by atoms with Crippen LogP contribution in [0.25, 0.3) is 22.3 Å². The van der Waals surface area contributed by atoms with E-state index >= 15 is 0 Å². The average Bonchev–Trinajstić information content (AvgIpc) is 2.84. The smallest absolute Gasteiger partial charge is 0.160 e. The van der Waals surface area contributed by atoms with E-state index in [-0.39, 0.29) is 0 Å². The topological polar surface area (TPSA) is 50.3 Å². The molecule has 0 aliphatic carbocycles. The largest absolute Gasteiger partial charge is 0.367 e. The van der Waals surface area contributed by atoms with Crippen molar-refractivity contribution in [3.05, 3.63) is 78.5 Å². The molecule has 31 heavy (non-hydrogen) atoms. The standard InChI is InChI=1S/C24H22N4OS2/c1-17-6-7-19(14-22(17)24-25-15-18-4-2-3-5-23(18)26-24)27-31-21-10-8-20(9-11-21)28-12-13-29-16-30-28/h2-11,14-15,27H,12-13,16H2,1H3. The van der Waals surface area contributed by atoms with Gasteiger partial charge in [0, 0.05) is 33.4 Å². The van der Waals surface area contributed by atoms with Gasteiger partial charge in [-0.25, -0.2) is 9.97 Å². The molecular weight excluding hydrogens is 424 g/mol. The first-order chi connectivity index (χ1) is 15.3. The lowest BCUT2D eigenvalue weighted by atomic mass is 10.1. The molecule has 0 spiro atoms. The van der Waals surface area contributed by atoms with Crippen molar-refractivity contribution in [3.8, 4) is 11.4 Å². The summed E-state index contributed by atoms with van der Waals surface area (Å²) in [6.45, 7) is 3.79.